The van der Waals surface area contributed by atoms with Gasteiger partial charge in [0.05, 0.1) is 25.5 Å². The molecule has 0 bridgehead atoms. The van der Waals surface area contributed by atoms with Crippen molar-refractivity contribution in [3.05, 3.63) is 35.9 Å². The highest BCUT2D eigenvalue weighted by molar-refractivity contribution is 6.09. The molecule has 4 atom stereocenters. The van der Waals surface area contributed by atoms with Gasteiger partial charge in [0.1, 0.15) is 5.54 Å². The quantitative estimate of drug-likeness (QED) is 0.451. The molecule has 0 aromatic heterocycles. The fraction of sp³-hybridized carbons (Fsp3) is 0.630. The van der Waals surface area contributed by atoms with Crippen molar-refractivity contribution < 1.29 is 23.9 Å². The summed E-state index contributed by atoms with van der Waals surface area (Å²) >= 11 is 0. The van der Waals surface area contributed by atoms with Crippen LogP contribution in [0.3, 0.4) is 0 Å². The molecular formula is C27H37N3O5. The zero-order chi connectivity index (χ0) is 25.2. The van der Waals surface area contributed by atoms with Gasteiger partial charge in [-0.3, -0.25) is 29.4 Å². The molecule has 0 unspecified atom stereocenters. The highest BCUT2D eigenvalue weighted by atomic mass is 16.5. The Morgan fingerprint density at radius 3 is 2.37 bits per heavy atom. The number of ether oxygens (including phenoxy) is 1. The minimum Gasteiger partial charge on any atom is -0.468 e. The number of hydrogen-bond acceptors (Lipinski definition) is 6. The van der Waals surface area contributed by atoms with Crippen LogP contribution >= 0.6 is 0 Å². The maximum atomic E-state index is 13.7. The number of esters is 1. The molecule has 8 heteroatoms. The van der Waals surface area contributed by atoms with Gasteiger partial charge in [0.2, 0.25) is 17.7 Å². The van der Waals surface area contributed by atoms with Gasteiger partial charge in [-0.15, -0.1) is 0 Å². The number of nitrogens with zero attached hydrogens (tertiary/aromatic N) is 2. The van der Waals surface area contributed by atoms with Gasteiger partial charge in [-0.05, 0) is 31.7 Å². The number of likely N-dealkylation sites (N-methyl/N-ethyl adjacent to an activating group) is 1. The average molecular weight is 484 g/mol. The zero-order valence-electron chi connectivity index (χ0n) is 21.0. The molecule has 1 N–H and O–H groups in total. The number of fused-ring (bicyclic) bond motifs is 1. The van der Waals surface area contributed by atoms with E-state index in [0.29, 0.717) is 13.0 Å². The Hall–Kier alpha value is -2.74. The molecule has 1 aliphatic carbocycles. The van der Waals surface area contributed by atoms with Crippen LogP contribution in [0.25, 0.3) is 0 Å². The predicted molar refractivity (Wildman–Crippen MR) is 130 cm³/mol. The van der Waals surface area contributed by atoms with Crippen molar-refractivity contribution in [2.75, 3.05) is 20.2 Å². The lowest BCUT2D eigenvalue weighted by molar-refractivity contribution is -0.154. The summed E-state index contributed by atoms with van der Waals surface area (Å²) < 4.78 is 5.13. The number of benzene rings is 1. The Labute approximate surface area is 207 Å². The standard InChI is InChI=1S/C27H37N3O5/c1-4-27(26(34)35-3)22-21(24(32)30(25(22)33)16-18-12-8-6-9-13-18)20(28-27)17-29(5-2)23(31)19-14-10-7-11-15-19/h6,8-9,12-13,19-22,28H,4-5,7,10-11,14-17H2,1-3H3/t20-,21+,22-,27-/m1/s1. The van der Waals surface area contributed by atoms with Crippen LogP contribution in [0.2, 0.25) is 0 Å². The van der Waals surface area contributed by atoms with Gasteiger partial charge >= 0.3 is 5.97 Å². The first-order chi connectivity index (χ1) is 16.9. The fourth-order valence-electron chi connectivity index (χ4n) is 6.32. The number of imide groups is 1. The molecule has 35 heavy (non-hydrogen) atoms. The van der Waals surface area contributed by atoms with E-state index in [-0.39, 0.29) is 36.7 Å². The van der Waals surface area contributed by atoms with Gasteiger partial charge in [0.25, 0.3) is 0 Å². The maximum absolute atomic E-state index is 13.7. The van der Waals surface area contributed by atoms with E-state index in [4.69, 9.17) is 4.74 Å². The summed E-state index contributed by atoms with van der Waals surface area (Å²) in [5.41, 5.74) is -0.447. The van der Waals surface area contributed by atoms with Gasteiger partial charge in [-0.25, -0.2) is 0 Å². The summed E-state index contributed by atoms with van der Waals surface area (Å²) in [5.74, 6) is -2.65. The number of nitrogens with one attached hydrogen (secondary N) is 1. The molecule has 1 saturated carbocycles. The molecule has 1 aromatic carbocycles. The van der Waals surface area contributed by atoms with Crippen LogP contribution in [-0.2, 0) is 30.5 Å². The first-order valence-electron chi connectivity index (χ1n) is 12.9. The Kier molecular flexibility index (Phi) is 7.59. The first kappa shape index (κ1) is 25.4. The number of amides is 3. The number of rotatable bonds is 8. The highest BCUT2D eigenvalue weighted by Gasteiger charge is 2.67. The molecule has 3 aliphatic rings. The second-order valence-electron chi connectivity index (χ2n) is 10.0. The van der Waals surface area contributed by atoms with Gasteiger partial charge in [-0.2, -0.15) is 0 Å². The van der Waals surface area contributed by atoms with Crippen molar-refractivity contribution in [1.29, 1.82) is 0 Å². The van der Waals surface area contributed by atoms with Crippen molar-refractivity contribution in [1.82, 2.24) is 15.1 Å². The van der Waals surface area contributed by atoms with Gasteiger partial charge in [0.15, 0.2) is 0 Å². The van der Waals surface area contributed by atoms with E-state index >= 15 is 0 Å². The third kappa shape index (κ3) is 4.48. The summed E-state index contributed by atoms with van der Waals surface area (Å²) in [6.07, 6.45) is 5.37. The van der Waals surface area contributed by atoms with E-state index in [9.17, 15) is 19.2 Å². The Morgan fingerprint density at radius 2 is 1.77 bits per heavy atom. The number of carbonyl (C=O) groups excluding carboxylic acids is 4. The van der Waals surface area contributed by atoms with Crippen LogP contribution < -0.4 is 5.32 Å². The van der Waals surface area contributed by atoms with E-state index in [2.05, 4.69) is 5.32 Å². The lowest BCUT2D eigenvalue weighted by Crippen LogP contribution is -2.58. The molecule has 4 rings (SSSR count). The lowest BCUT2D eigenvalue weighted by atomic mass is 9.78. The Bertz CT molecular complexity index is 961. The van der Waals surface area contributed by atoms with Gasteiger partial charge in [0, 0.05) is 25.0 Å². The molecule has 3 fully saturated rings. The molecule has 2 heterocycles. The Morgan fingerprint density at radius 1 is 1.09 bits per heavy atom. The van der Waals surface area contributed by atoms with E-state index in [0.717, 1.165) is 37.7 Å². The third-order valence-electron chi connectivity index (χ3n) is 8.21. The average Bonchev–Trinajstić information content (AvgIpc) is 3.36. The molecule has 1 aromatic rings. The minimum atomic E-state index is -1.30. The molecular weight excluding hydrogens is 446 g/mol. The summed E-state index contributed by atoms with van der Waals surface area (Å²) in [7, 11) is 1.30. The first-order valence-corrected chi connectivity index (χ1v) is 12.9. The molecule has 3 amide bonds. The summed E-state index contributed by atoms with van der Waals surface area (Å²) in [6.45, 7) is 4.72. The van der Waals surface area contributed by atoms with Crippen LogP contribution in [0.15, 0.2) is 30.3 Å². The second kappa shape index (κ2) is 10.5. The third-order valence-corrected chi connectivity index (χ3v) is 8.21. The molecule has 0 radical (unpaired) electrons. The minimum absolute atomic E-state index is 0.00734. The van der Waals surface area contributed by atoms with Crippen molar-refractivity contribution in [2.45, 2.75) is 70.5 Å². The van der Waals surface area contributed by atoms with Crippen LogP contribution in [0.5, 0.6) is 0 Å². The summed E-state index contributed by atoms with van der Waals surface area (Å²) in [5, 5.41) is 3.34. The maximum Gasteiger partial charge on any atom is 0.326 e. The van der Waals surface area contributed by atoms with Crippen LogP contribution in [0.4, 0.5) is 0 Å². The van der Waals surface area contributed by atoms with E-state index in [1.807, 2.05) is 44.2 Å². The van der Waals surface area contributed by atoms with Gasteiger partial charge in [-0.1, -0.05) is 56.5 Å². The normalized spacial score (nSPS) is 28.8. The molecule has 0 spiro atoms. The van der Waals surface area contributed by atoms with Crippen molar-refractivity contribution >= 4 is 23.7 Å². The topological polar surface area (TPSA) is 96.0 Å². The SMILES string of the molecule is CCN(C[C@H]1N[C@@](CC)(C(=O)OC)[C@H]2C(=O)N(Cc3ccccc3)C(=O)[C@@H]12)C(=O)C1CCCCC1. The molecule has 2 aliphatic heterocycles. The summed E-state index contributed by atoms with van der Waals surface area (Å²) in [4.78, 5) is 56.8. The van der Waals surface area contributed by atoms with Crippen molar-refractivity contribution in [2.24, 2.45) is 17.8 Å². The van der Waals surface area contributed by atoms with Crippen LogP contribution in [0.1, 0.15) is 57.9 Å². The van der Waals surface area contributed by atoms with E-state index < -0.39 is 29.4 Å². The largest absolute Gasteiger partial charge is 0.468 e. The number of likely N-dealkylation sites (tertiary alicyclic amines) is 1. The van der Waals surface area contributed by atoms with Crippen molar-refractivity contribution in [3.63, 3.8) is 0 Å². The highest BCUT2D eigenvalue weighted by Crippen LogP contribution is 2.45. The monoisotopic (exact) mass is 483 g/mol. The van der Waals surface area contributed by atoms with Crippen LogP contribution in [0, 0.1) is 17.8 Å². The second-order valence-corrected chi connectivity index (χ2v) is 10.0. The fourth-order valence-corrected chi connectivity index (χ4v) is 6.32. The molecule has 190 valence electrons. The van der Waals surface area contributed by atoms with E-state index in [1.54, 1.807) is 4.90 Å². The molecule has 8 nitrogen and oxygen atoms in total. The van der Waals surface area contributed by atoms with Crippen molar-refractivity contribution in [3.8, 4) is 0 Å². The van der Waals surface area contributed by atoms with Gasteiger partial charge < -0.3 is 9.64 Å². The smallest absolute Gasteiger partial charge is 0.326 e. The number of carbonyl (C=O) groups is 4. The van der Waals surface area contributed by atoms with Crippen LogP contribution in [-0.4, -0.2) is 65.3 Å². The van der Waals surface area contributed by atoms with E-state index in [1.165, 1.54) is 12.0 Å². The summed E-state index contributed by atoms with van der Waals surface area (Å²) in [6, 6.07) is 8.86. The molecule has 2 saturated heterocycles. The zero-order valence-corrected chi connectivity index (χ0v) is 21.0. The Balaban J connectivity index is 1.63. The number of hydrogen-bond donors (Lipinski definition) is 1. The lowest BCUT2D eigenvalue weighted by Gasteiger charge is -2.34. The number of methoxy groups -OCH3 is 1. The predicted octanol–water partition coefficient (Wildman–Crippen LogP) is 2.51.